The monoisotopic (exact) mass is 460 g/mol. The van der Waals surface area contributed by atoms with Crippen molar-refractivity contribution in [2.75, 3.05) is 6.54 Å². The fraction of sp³-hybridized carbons (Fsp3) is 0.296. The third-order valence-corrected chi connectivity index (χ3v) is 6.42. The summed E-state index contributed by atoms with van der Waals surface area (Å²) in [7, 11) is 0. The van der Waals surface area contributed by atoms with Crippen LogP contribution in [-0.2, 0) is 17.9 Å². The van der Waals surface area contributed by atoms with Crippen molar-refractivity contribution in [1.29, 1.82) is 0 Å². The molecule has 7 nitrogen and oxygen atoms in total. The third kappa shape index (κ3) is 5.26. The van der Waals surface area contributed by atoms with E-state index in [-0.39, 0.29) is 18.0 Å². The van der Waals surface area contributed by atoms with Crippen molar-refractivity contribution in [2.24, 2.45) is 0 Å². The molecule has 176 valence electrons. The predicted molar refractivity (Wildman–Crippen MR) is 130 cm³/mol. The first-order chi connectivity index (χ1) is 16.4. The number of nitrogens with zero attached hydrogens (tertiary/aromatic N) is 2. The standard InChI is InChI=1S/C27H28N2O5/c1-19-22(10-7-11-23(19)21-8-3-2-4-9-21)18-34-26-14-13-20(16-25(26)29(32)33)17-28-15-6-5-12-24(28)27(30)31/h2-4,7-11,13-14,16,24H,5-6,12,15,17-18H2,1H3,(H,30,31). The van der Waals surface area contributed by atoms with Gasteiger partial charge < -0.3 is 9.84 Å². The molecule has 1 aliphatic rings. The second-order valence-corrected chi connectivity index (χ2v) is 8.62. The fourth-order valence-corrected chi connectivity index (χ4v) is 4.55. The number of hydrogen-bond acceptors (Lipinski definition) is 5. The Kier molecular flexibility index (Phi) is 7.23. The number of nitro benzene ring substituents is 1. The number of carboxylic acids is 1. The molecule has 3 aromatic rings. The molecule has 4 rings (SSSR count). The van der Waals surface area contributed by atoms with E-state index < -0.39 is 16.9 Å². The zero-order valence-electron chi connectivity index (χ0n) is 19.1. The Morgan fingerprint density at radius 1 is 1.12 bits per heavy atom. The molecule has 7 heteroatoms. The smallest absolute Gasteiger partial charge is 0.320 e. The van der Waals surface area contributed by atoms with Crippen LogP contribution in [0.3, 0.4) is 0 Å². The maximum absolute atomic E-state index is 11.8. The summed E-state index contributed by atoms with van der Waals surface area (Å²) in [5.41, 5.74) is 4.82. The zero-order chi connectivity index (χ0) is 24.1. The average Bonchev–Trinajstić information content (AvgIpc) is 2.84. The SMILES string of the molecule is Cc1c(COc2ccc(CN3CCCCC3C(=O)O)cc2[N+](=O)[O-])cccc1-c1ccccc1. The zero-order valence-corrected chi connectivity index (χ0v) is 19.1. The summed E-state index contributed by atoms with van der Waals surface area (Å²) >= 11 is 0. The Morgan fingerprint density at radius 3 is 2.65 bits per heavy atom. The van der Waals surface area contributed by atoms with Crippen molar-refractivity contribution in [2.45, 2.75) is 45.4 Å². The maximum atomic E-state index is 11.8. The summed E-state index contributed by atoms with van der Waals surface area (Å²) in [6.45, 7) is 3.26. The van der Waals surface area contributed by atoms with Crippen molar-refractivity contribution in [1.82, 2.24) is 4.90 Å². The molecule has 1 N–H and O–H groups in total. The molecule has 0 aliphatic carbocycles. The first-order valence-corrected chi connectivity index (χ1v) is 11.4. The second-order valence-electron chi connectivity index (χ2n) is 8.62. The maximum Gasteiger partial charge on any atom is 0.320 e. The third-order valence-electron chi connectivity index (χ3n) is 6.42. The Labute approximate surface area is 198 Å². The van der Waals surface area contributed by atoms with Gasteiger partial charge in [-0.25, -0.2) is 0 Å². The van der Waals surface area contributed by atoms with Gasteiger partial charge in [0.15, 0.2) is 5.75 Å². The van der Waals surface area contributed by atoms with E-state index in [4.69, 9.17) is 4.74 Å². The highest BCUT2D eigenvalue weighted by molar-refractivity contribution is 5.73. The summed E-state index contributed by atoms with van der Waals surface area (Å²) in [6, 6.07) is 20.4. The number of rotatable bonds is 8. The minimum absolute atomic E-state index is 0.113. The van der Waals surface area contributed by atoms with Gasteiger partial charge in [-0.3, -0.25) is 19.8 Å². The number of likely N-dealkylation sites (tertiary alicyclic amines) is 1. The first-order valence-electron chi connectivity index (χ1n) is 11.4. The van der Waals surface area contributed by atoms with Crippen molar-refractivity contribution in [3.63, 3.8) is 0 Å². The van der Waals surface area contributed by atoms with Gasteiger partial charge in [-0.05, 0) is 60.2 Å². The van der Waals surface area contributed by atoms with Crippen molar-refractivity contribution < 1.29 is 19.6 Å². The predicted octanol–water partition coefficient (Wildman–Crippen LogP) is 5.59. The van der Waals surface area contributed by atoms with Crippen LogP contribution in [0, 0.1) is 17.0 Å². The highest BCUT2D eigenvalue weighted by Crippen LogP contribution is 2.32. The lowest BCUT2D eigenvalue weighted by atomic mass is 9.97. The summed E-state index contributed by atoms with van der Waals surface area (Å²) in [5.74, 6) is -0.644. The largest absolute Gasteiger partial charge is 0.482 e. The summed E-state index contributed by atoms with van der Waals surface area (Å²) in [6.07, 6.45) is 2.40. The quantitative estimate of drug-likeness (QED) is 0.348. The molecule has 0 amide bonds. The molecule has 1 saturated heterocycles. The molecule has 34 heavy (non-hydrogen) atoms. The normalized spacial score (nSPS) is 16.2. The Balaban J connectivity index is 1.52. The second kappa shape index (κ2) is 10.5. The van der Waals surface area contributed by atoms with Crippen LogP contribution in [0.4, 0.5) is 5.69 Å². The van der Waals surface area contributed by atoms with E-state index in [9.17, 15) is 20.0 Å². The number of ether oxygens (including phenoxy) is 1. The van der Waals surface area contributed by atoms with Gasteiger partial charge in [-0.2, -0.15) is 0 Å². The molecule has 0 bridgehead atoms. The lowest BCUT2D eigenvalue weighted by Crippen LogP contribution is -2.43. The van der Waals surface area contributed by atoms with Crippen LogP contribution in [0.2, 0.25) is 0 Å². The van der Waals surface area contributed by atoms with E-state index in [1.54, 1.807) is 12.1 Å². The van der Waals surface area contributed by atoms with Gasteiger partial charge in [-0.1, -0.05) is 61.0 Å². The first kappa shape index (κ1) is 23.4. The van der Waals surface area contributed by atoms with Crippen LogP contribution < -0.4 is 4.74 Å². The average molecular weight is 461 g/mol. The number of aliphatic carboxylic acids is 1. The van der Waals surface area contributed by atoms with Gasteiger partial charge in [0.25, 0.3) is 0 Å². The number of hydrogen-bond donors (Lipinski definition) is 1. The molecule has 0 radical (unpaired) electrons. The van der Waals surface area contributed by atoms with Gasteiger partial charge in [0.05, 0.1) is 4.92 Å². The van der Waals surface area contributed by atoms with E-state index in [1.807, 2.05) is 54.3 Å². The van der Waals surface area contributed by atoms with E-state index in [0.29, 0.717) is 25.1 Å². The van der Waals surface area contributed by atoms with Crippen molar-refractivity contribution >= 4 is 11.7 Å². The minimum atomic E-state index is -0.845. The summed E-state index contributed by atoms with van der Waals surface area (Å²) in [5, 5.41) is 21.3. The number of carbonyl (C=O) groups is 1. The van der Waals surface area contributed by atoms with Crippen LogP contribution in [0.25, 0.3) is 11.1 Å². The Bertz CT molecular complexity index is 1180. The minimum Gasteiger partial charge on any atom is -0.482 e. The van der Waals surface area contributed by atoms with Gasteiger partial charge in [0.1, 0.15) is 12.6 Å². The number of piperidine rings is 1. The molecule has 0 spiro atoms. The lowest BCUT2D eigenvalue weighted by molar-refractivity contribution is -0.386. The molecule has 1 heterocycles. The topological polar surface area (TPSA) is 92.9 Å². The number of nitro groups is 1. The number of benzene rings is 3. The fourth-order valence-electron chi connectivity index (χ4n) is 4.55. The van der Waals surface area contributed by atoms with Crippen LogP contribution in [0.1, 0.15) is 36.0 Å². The van der Waals surface area contributed by atoms with Crippen LogP contribution in [0.15, 0.2) is 66.7 Å². The van der Waals surface area contributed by atoms with E-state index in [1.165, 1.54) is 6.07 Å². The van der Waals surface area contributed by atoms with E-state index in [2.05, 4.69) is 6.07 Å². The molecule has 1 unspecified atom stereocenters. The Morgan fingerprint density at radius 2 is 1.91 bits per heavy atom. The summed E-state index contributed by atoms with van der Waals surface area (Å²) in [4.78, 5) is 24.8. The highest BCUT2D eigenvalue weighted by Gasteiger charge is 2.29. The molecular weight excluding hydrogens is 432 g/mol. The van der Waals surface area contributed by atoms with Gasteiger partial charge in [0.2, 0.25) is 0 Å². The van der Waals surface area contributed by atoms with Gasteiger partial charge >= 0.3 is 11.7 Å². The summed E-state index contributed by atoms with van der Waals surface area (Å²) < 4.78 is 5.91. The molecule has 1 atom stereocenters. The van der Waals surface area contributed by atoms with Crippen LogP contribution in [-0.4, -0.2) is 33.5 Å². The molecule has 1 fully saturated rings. The Hall–Kier alpha value is -3.71. The van der Waals surface area contributed by atoms with Crippen LogP contribution in [0.5, 0.6) is 5.75 Å². The highest BCUT2D eigenvalue weighted by atomic mass is 16.6. The van der Waals surface area contributed by atoms with E-state index in [0.717, 1.165) is 35.1 Å². The van der Waals surface area contributed by atoms with Gasteiger partial charge in [-0.15, -0.1) is 0 Å². The van der Waals surface area contributed by atoms with Gasteiger partial charge in [0, 0.05) is 12.6 Å². The van der Waals surface area contributed by atoms with E-state index >= 15 is 0 Å². The van der Waals surface area contributed by atoms with Crippen molar-refractivity contribution in [3.05, 3.63) is 93.5 Å². The number of carboxylic acid groups (broad SMARTS) is 1. The lowest BCUT2D eigenvalue weighted by Gasteiger charge is -2.32. The molecule has 0 saturated carbocycles. The molecular formula is C27H28N2O5. The molecule has 3 aromatic carbocycles. The van der Waals surface area contributed by atoms with Crippen LogP contribution >= 0.6 is 0 Å². The van der Waals surface area contributed by atoms with Crippen molar-refractivity contribution in [3.8, 4) is 16.9 Å². The molecule has 0 aromatic heterocycles. The molecule has 1 aliphatic heterocycles.